The number of azo groups is 2. The molecule has 37 heavy (non-hydrogen) atoms. The van der Waals surface area contributed by atoms with Gasteiger partial charge in [-0.2, -0.15) is 27.1 Å². The molecule has 0 bridgehead atoms. The van der Waals surface area contributed by atoms with Gasteiger partial charge in [-0.15, -0.1) is 10.2 Å². The smallest absolute Gasteiger partial charge is 0.294 e. The van der Waals surface area contributed by atoms with Crippen LogP contribution < -0.4 is 0 Å². The summed E-state index contributed by atoms with van der Waals surface area (Å²) in [5.74, 6) is -0.571. The summed E-state index contributed by atoms with van der Waals surface area (Å²) in [6.07, 6.45) is 0. The molecule has 0 amide bonds. The van der Waals surface area contributed by atoms with E-state index in [0.29, 0.717) is 10.8 Å². The second kappa shape index (κ2) is 10.7. The minimum absolute atomic E-state index is 0. The van der Waals surface area contributed by atoms with E-state index in [2.05, 4.69) is 20.5 Å². The molecule has 4 N–H and O–H groups in total. The van der Waals surface area contributed by atoms with Crippen LogP contribution in [0.3, 0.4) is 0 Å². The molecule has 4 aromatic rings. The van der Waals surface area contributed by atoms with Crippen LogP contribution in [0.5, 0.6) is 11.5 Å². The third-order valence-corrected chi connectivity index (χ3v) is 6.55. The van der Waals surface area contributed by atoms with Crippen LogP contribution >= 0.6 is 0 Å². The summed E-state index contributed by atoms with van der Waals surface area (Å²) in [6, 6.07) is 15.7. The molecule has 0 heterocycles. The summed E-state index contributed by atoms with van der Waals surface area (Å²) in [5.41, 5.74) is 0.385. The summed E-state index contributed by atoms with van der Waals surface area (Å²) < 4.78 is 63.6. The Bertz CT molecular complexity index is 1780. The number of hydrogen-bond acceptors (Lipinski definition) is 10. The first-order valence-corrected chi connectivity index (χ1v) is 12.8. The molecule has 0 aliphatic heterocycles. The van der Waals surface area contributed by atoms with Crippen LogP contribution in [0, 0.1) is 0 Å². The quantitative estimate of drug-likeness (QED) is 0.128. The predicted molar refractivity (Wildman–Crippen MR) is 128 cm³/mol. The van der Waals surface area contributed by atoms with Crippen molar-refractivity contribution in [2.45, 2.75) is 9.79 Å². The van der Waals surface area contributed by atoms with Crippen molar-refractivity contribution in [3.63, 3.8) is 0 Å². The minimum atomic E-state index is -4.42. The maximum Gasteiger partial charge on any atom is 0.294 e. The summed E-state index contributed by atoms with van der Waals surface area (Å²) >= 11 is 0. The van der Waals surface area contributed by atoms with Gasteiger partial charge >= 0.3 is 0 Å². The first-order chi connectivity index (χ1) is 16.9. The van der Waals surface area contributed by atoms with Crippen molar-refractivity contribution in [3.8, 4) is 11.5 Å². The van der Waals surface area contributed by atoms with E-state index in [4.69, 9.17) is 4.55 Å². The molecule has 4 rings (SSSR count). The van der Waals surface area contributed by atoms with Gasteiger partial charge in [0.25, 0.3) is 20.2 Å². The molecule has 0 radical (unpaired) electrons. The molecular formula is C22H16FeN4O8S2. The molecule has 0 atom stereocenters. The zero-order valence-electron chi connectivity index (χ0n) is 18.3. The van der Waals surface area contributed by atoms with E-state index in [0.717, 1.165) is 12.1 Å². The van der Waals surface area contributed by atoms with E-state index in [1.54, 1.807) is 0 Å². The van der Waals surface area contributed by atoms with Gasteiger partial charge in [0.15, 0.2) is 0 Å². The van der Waals surface area contributed by atoms with Crippen LogP contribution in [0.15, 0.2) is 103 Å². The third kappa shape index (κ3) is 6.54. The van der Waals surface area contributed by atoms with Gasteiger partial charge < -0.3 is 10.2 Å². The van der Waals surface area contributed by atoms with E-state index in [9.17, 15) is 31.6 Å². The first kappa shape index (κ1) is 27.9. The predicted octanol–water partition coefficient (Wildman–Crippen LogP) is 5.57. The van der Waals surface area contributed by atoms with Crippen molar-refractivity contribution in [2.24, 2.45) is 20.5 Å². The fourth-order valence-electron chi connectivity index (χ4n) is 3.13. The average Bonchev–Trinajstić information content (AvgIpc) is 2.82. The van der Waals surface area contributed by atoms with Gasteiger partial charge in [0.05, 0.1) is 21.2 Å². The minimum Gasteiger partial charge on any atom is -0.506 e. The average molecular weight is 584 g/mol. The molecule has 0 unspecified atom stereocenters. The van der Waals surface area contributed by atoms with Crippen LogP contribution in [0.1, 0.15) is 0 Å². The summed E-state index contributed by atoms with van der Waals surface area (Å²) in [5, 5.41) is 36.9. The number of phenols is 2. The maximum absolute atomic E-state index is 11.4. The van der Waals surface area contributed by atoms with Crippen molar-refractivity contribution in [2.75, 3.05) is 0 Å². The summed E-state index contributed by atoms with van der Waals surface area (Å²) in [7, 11) is -8.81. The van der Waals surface area contributed by atoms with Crippen LogP contribution in [0.2, 0.25) is 0 Å². The Hall–Kier alpha value is -3.72. The van der Waals surface area contributed by atoms with Gasteiger partial charge in [0.2, 0.25) is 0 Å². The molecule has 0 spiro atoms. The largest absolute Gasteiger partial charge is 0.506 e. The van der Waals surface area contributed by atoms with Crippen molar-refractivity contribution in [3.05, 3.63) is 72.8 Å². The Morgan fingerprint density at radius 2 is 1.24 bits per heavy atom. The number of hydrogen-bond donors (Lipinski definition) is 4. The zero-order valence-corrected chi connectivity index (χ0v) is 21.0. The number of nitrogens with zero attached hydrogens (tertiary/aromatic N) is 4. The summed E-state index contributed by atoms with van der Waals surface area (Å²) in [4.78, 5) is -0.667. The standard InChI is InChI=1S/C22H16N4O8S2.Fe/c27-20-9-4-13-10-17(36(32,33)34)6-7-18(13)22(20)26-25-19-8-5-15(12-21(19)28)24-23-14-2-1-3-16(11-14)35(29,30)31;/h1-12,27-28H,(H,29,30,31)(H,32,33,34);. The zero-order chi connectivity index (χ0) is 26.1. The summed E-state index contributed by atoms with van der Waals surface area (Å²) in [6.45, 7) is 0. The van der Waals surface area contributed by atoms with Crippen molar-refractivity contribution < 1.29 is 53.2 Å². The van der Waals surface area contributed by atoms with Crippen LogP contribution in [0.4, 0.5) is 22.7 Å². The second-order valence-corrected chi connectivity index (χ2v) is 10.2. The van der Waals surface area contributed by atoms with E-state index in [1.165, 1.54) is 60.7 Å². The molecule has 0 aliphatic carbocycles. The number of fused-ring (bicyclic) bond motifs is 1. The monoisotopic (exact) mass is 584 g/mol. The second-order valence-electron chi connectivity index (χ2n) is 7.34. The van der Waals surface area contributed by atoms with E-state index < -0.39 is 20.2 Å². The first-order valence-electron chi connectivity index (χ1n) is 9.89. The van der Waals surface area contributed by atoms with Crippen LogP contribution in [-0.2, 0) is 37.3 Å². The molecule has 0 saturated carbocycles. The Morgan fingerprint density at radius 3 is 1.89 bits per heavy atom. The molecular weight excluding hydrogens is 568 g/mol. The van der Waals surface area contributed by atoms with Crippen molar-refractivity contribution in [1.82, 2.24) is 0 Å². The fraction of sp³-hybridized carbons (Fsp3) is 0. The maximum atomic E-state index is 11.4. The Balaban J connectivity index is 0.00000380. The molecule has 0 aliphatic rings. The van der Waals surface area contributed by atoms with Crippen LogP contribution in [-0.4, -0.2) is 36.2 Å². The van der Waals surface area contributed by atoms with E-state index >= 15 is 0 Å². The van der Waals surface area contributed by atoms with Gasteiger partial charge in [0.1, 0.15) is 22.9 Å². The van der Waals surface area contributed by atoms with Crippen molar-refractivity contribution >= 4 is 53.8 Å². The van der Waals surface area contributed by atoms with Crippen LogP contribution in [0.25, 0.3) is 10.8 Å². The fourth-order valence-corrected chi connectivity index (χ4v) is 4.17. The molecule has 4 aromatic carbocycles. The van der Waals surface area contributed by atoms with E-state index in [-0.39, 0.29) is 61.1 Å². The number of rotatable bonds is 6. The molecule has 192 valence electrons. The number of phenolic OH excluding ortho intramolecular Hbond substituents is 2. The number of aromatic hydroxyl groups is 2. The molecule has 0 fully saturated rings. The molecule has 0 saturated heterocycles. The SMILES string of the molecule is O=S(=O)(O)c1cccc(N=Nc2ccc(N=Nc3c(O)ccc4cc(S(=O)(=O)O)ccc34)c(O)c2)c1.[Fe]. The topological polar surface area (TPSA) is 199 Å². The van der Waals surface area contributed by atoms with Gasteiger partial charge in [-0.1, -0.05) is 18.2 Å². The van der Waals surface area contributed by atoms with Gasteiger partial charge in [-0.3, -0.25) is 9.11 Å². The molecule has 12 nitrogen and oxygen atoms in total. The van der Waals surface area contributed by atoms with Gasteiger partial charge in [0, 0.05) is 28.5 Å². The van der Waals surface area contributed by atoms with Gasteiger partial charge in [-0.05, 0) is 53.9 Å². The van der Waals surface area contributed by atoms with Gasteiger partial charge in [-0.25, -0.2) is 0 Å². The number of benzene rings is 4. The molecule has 0 aromatic heterocycles. The Kier molecular flexibility index (Phi) is 8.07. The third-order valence-electron chi connectivity index (χ3n) is 4.85. The Morgan fingerprint density at radius 1 is 0.595 bits per heavy atom. The van der Waals surface area contributed by atoms with E-state index in [1.807, 2.05) is 0 Å². The normalized spacial score (nSPS) is 12.3. The molecule has 15 heteroatoms. The Labute approximate surface area is 221 Å². The van der Waals surface area contributed by atoms with Crippen molar-refractivity contribution in [1.29, 1.82) is 0 Å².